The fraction of sp³-hybridized carbons (Fsp3) is 0.781. The van der Waals surface area contributed by atoms with Crippen LogP contribution in [0.3, 0.4) is 0 Å². The van der Waals surface area contributed by atoms with Gasteiger partial charge in [-0.3, -0.25) is 4.90 Å². The van der Waals surface area contributed by atoms with Crippen LogP contribution in [0.25, 0.3) is 0 Å². The molecule has 232 valence electrons. The van der Waals surface area contributed by atoms with E-state index in [1.807, 2.05) is 0 Å². The van der Waals surface area contributed by atoms with Gasteiger partial charge < -0.3 is 39.6 Å². The van der Waals surface area contributed by atoms with Gasteiger partial charge in [-0.1, -0.05) is 19.1 Å². The molecular formula is C32H46N2O8. The van der Waals surface area contributed by atoms with Crippen molar-refractivity contribution in [3.8, 4) is 0 Å². The van der Waals surface area contributed by atoms with Crippen LogP contribution in [0.5, 0.6) is 0 Å². The van der Waals surface area contributed by atoms with E-state index in [0.717, 1.165) is 19.3 Å². The number of nitrogens with two attached hydrogens (primary N) is 1. The van der Waals surface area contributed by atoms with E-state index < -0.39 is 40.1 Å². The molecule has 1 aromatic carbocycles. The molecule has 1 heterocycles. The summed E-state index contributed by atoms with van der Waals surface area (Å²) in [7, 11) is 6.80. The maximum absolute atomic E-state index is 13.4. The number of anilines is 1. The number of hydrogen-bond donors (Lipinski definition) is 3. The molecule has 0 radical (unpaired) electrons. The highest BCUT2D eigenvalue weighted by Crippen LogP contribution is 2.80. The molecular weight excluding hydrogens is 540 g/mol. The van der Waals surface area contributed by atoms with Gasteiger partial charge in [-0.2, -0.15) is 0 Å². The monoisotopic (exact) mass is 586 g/mol. The Morgan fingerprint density at radius 1 is 1.10 bits per heavy atom. The lowest BCUT2D eigenvalue weighted by atomic mass is 9.42. The maximum Gasteiger partial charge on any atom is 0.340 e. The van der Waals surface area contributed by atoms with E-state index in [2.05, 4.69) is 11.8 Å². The first-order valence-electron chi connectivity index (χ1n) is 15.5. The number of ether oxygens (including phenoxy) is 5. The van der Waals surface area contributed by atoms with Crippen molar-refractivity contribution in [2.45, 2.75) is 74.3 Å². The summed E-state index contributed by atoms with van der Waals surface area (Å²) in [6.45, 7) is 3.54. The zero-order chi connectivity index (χ0) is 29.8. The first-order valence-corrected chi connectivity index (χ1v) is 15.5. The molecule has 13 atom stereocenters. The van der Waals surface area contributed by atoms with Crippen LogP contribution >= 0.6 is 0 Å². The molecule has 10 nitrogen and oxygen atoms in total. The normalized spacial score (nSPS) is 50.1. The number of hydrogen-bond acceptors (Lipinski definition) is 10. The number of methoxy groups -OCH3 is 4. The second kappa shape index (κ2) is 9.60. The number of carbonyl (C=O) groups is 1. The zero-order valence-corrected chi connectivity index (χ0v) is 25.3. The van der Waals surface area contributed by atoms with E-state index in [9.17, 15) is 15.0 Å². The number of nitrogens with zero attached hydrogens (tertiary/aromatic N) is 1. The highest BCUT2D eigenvalue weighted by atomic mass is 16.5. The first-order chi connectivity index (χ1) is 20.1. The smallest absolute Gasteiger partial charge is 0.340 e. The summed E-state index contributed by atoms with van der Waals surface area (Å²) in [4.78, 5) is 15.7. The van der Waals surface area contributed by atoms with Crippen molar-refractivity contribution in [2.24, 2.45) is 34.5 Å². The molecule has 1 aromatic rings. The molecule has 1 saturated heterocycles. The van der Waals surface area contributed by atoms with E-state index in [0.29, 0.717) is 30.8 Å². The van der Waals surface area contributed by atoms with E-state index in [4.69, 9.17) is 29.4 Å². The molecule has 7 rings (SSSR count). The van der Waals surface area contributed by atoms with Crippen LogP contribution in [-0.4, -0.2) is 111 Å². The number of fused-ring (bicyclic) bond motifs is 2. The van der Waals surface area contributed by atoms with Crippen molar-refractivity contribution in [1.82, 2.24) is 4.90 Å². The van der Waals surface area contributed by atoms with Gasteiger partial charge in [0.2, 0.25) is 0 Å². The van der Waals surface area contributed by atoms with Crippen LogP contribution in [0, 0.1) is 34.5 Å². The van der Waals surface area contributed by atoms with Gasteiger partial charge in [0.25, 0.3) is 0 Å². The number of carbonyl (C=O) groups excluding carboxylic acids is 1. The number of likely N-dealkylation sites (N-methyl/N-ethyl adjacent to an activating group) is 1. The Kier molecular flexibility index (Phi) is 6.62. The zero-order valence-electron chi connectivity index (χ0n) is 25.3. The Hall–Kier alpha value is -1.79. The molecule has 0 amide bonds. The van der Waals surface area contributed by atoms with Crippen LogP contribution in [0.1, 0.15) is 43.0 Å². The fourth-order valence-corrected chi connectivity index (χ4v) is 12.0. The van der Waals surface area contributed by atoms with Crippen LogP contribution in [0.4, 0.5) is 5.69 Å². The summed E-state index contributed by atoms with van der Waals surface area (Å²) < 4.78 is 31.1. The standard InChI is InChI=1S/C32H46N2O8/c1-6-34-15-29(16-42-27(35)17-9-7-8-10-20(17)33)12-11-22(39-3)31-19-13-18-21(38-2)14-30(36,23(19)24(18)40-4)32(37,28(31)34)26(41-5)25(29)31/h7-10,18-19,21-26,28,36-37H,6,11-16,33H2,1-5H3/t18-,19-,21+,22?,23?,24+,25-,26+,28?,29+,30-,31+,32-/m1/s1. The predicted octanol–water partition coefficient (Wildman–Crippen LogP) is 1.72. The second-order valence-electron chi connectivity index (χ2n) is 13.8. The van der Waals surface area contributed by atoms with Gasteiger partial charge in [-0.05, 0) is 43.9 Å². The summed E-state index contributed by atoms with van der Waals surface area (Å²) in [6, 6.07) is 6.55. The summed E-state index contributed by atoms with van der Waals surface area (Å²) in [5.41, 5.74) is 2.65. The Bertz CT molecular complexity index is 1250. The minimum absolute atomic E-state index is 0.00697. The summed E-state index contributed by atoms with van der Waals surface area (Å²) >= 11 is 0. The van der Waals surface area contributed by atoms with Crippen molar-refractivity contribution in [1.29, 1.82) is 0 Å². The third-order valence-electron chi connectivity index (χ3n) is 13.0. The molecule has 0 aromatic heterocycles. The lowest BCUT2D eigenvalue weighted by molar-refractivity contribution is -0.320. The van der Waals surface area contributed by atoms with Crippen molar-refractivity contribution >= 4 is 11.7 Å². The average molecular weight is 587 g/mol. The number of benzene rings is 1. The Morgan fingerprint density at radius 2 is 1.86 bits per heavy atom. The van der Waals surface area contributed by atoms with Gasteiger partial charge in [-0.15, -0.1) is 0 Å². The molecule has 5 saturated carbocycles. The number of nitrogen functional groups attached to an aromatic ring is 1. The third-order valence-corrected chi connectivity index (χ3v) is 13.0. The van der Waals surface area contributed by atoms with Gasteiger partial charge in [-0.25, -0.2) is 4.79 Å². The molecule has 1 spiro atoms. The molecule has 4 N–H and O–H groups in total. The molecule has 5 aliphatic carbocycles. The molecule has 6 fully saturated rings. The molecule has 1 aliphatic heterocycles. The van der Waals surface area contributed by atoms with Crippen LogP contribution < -0.4 is 5.73 Å². The lowest BCUT2D eigenvalue weighted by Gasteiger charge is -2.70. The highest BCUT2D eigenvalue weighted by Gasteiger charge is 2.91. The quantitative estimate of drug-likeness (QED) is 0.306. The molecule has 42 heavy (non-hydrogen) atoms. The highest BCUT2D eigenvalue weighted by molar-refractivity contribution is 5.95. The Labute approximate surface area is 247 Å². The largest absolute Gasteiger partial charge is 0.461 e. The number of esters is 1. The molecule has 10 heteroatoms. The maximum atomic E-state index is 13.4. The van der Waals surface area contributed by atoms with Gasteiger partial charge in [0.05, 0.1) is 42.6 Å². The van der Waals surface area contributed by atoms with E-state index in [-0.39, 0.29) is 48.6 Å². The first kappa shape index (κ1) is 29.0. The molecule has 6 aliphatic rings. The Balaban J connectivity index is 1.41. The van der Waals surface area contributed by atoms with E-state index >= 15 is 0 Å². The van der Waals surface area contributed by atoms with Gasteiger partial charge in [0.1, 0.15) is 11.2 Å². The van der Waals surface area contributed by atoms with Crippen LogP contribution in [0.2, 0.25) is 0 Å². The van der Waals surface area contributed by atoms with Crippen molar-refractivity contribution in [3.05, 3.63) is 29.8 Å². The van der Waals surface area contributed by atoms with Crippen LogP contribution in [-0.2, 0) is 23.7 Å². The Morgan fingerprint density at radius 3 is 2.50 bits per heavy atom. The van der Waals surface area contributed by atoms with Gasteiger partial charge in [0.15, 0.2) is 0 Å². The number of likely N-dealkylation sites (tertiary alicyclic amines) is 1. The minimum atomic E-state index is -1.62. The number of rotatable bonds is 8. The second-order valence-corrected chi connectivity index (χ2v) is 13.8. The predicted molar refractivity (Wildman–Crippen MR) is 153 cm³/mol. The summed E-state index contributed by atoms with van der Waals surface area (Å²) in [6.07, 6.45) is 1.22. The third kappa shape index (κ3) is 3.12. The van der Waals surface area contributed by atoms with Crippen LogP contribution in [0.15, 0.2) is 24.3 Å². The molecule has 3 unspecified atom stereocenters. The van der Waals surface area contributed by atoms with Crippen molar-refractivity contribution in [2.75, 3.05) is 53.9 Å². The van der Waals surface area contributed by atoms with Gasteiger partial charge >= 0.3 is 5.97 Å². The van der Waals surface area contributed by atoms with E-state index in [1.54, 1.807) is 52.7 Å². The number of piperidine rings is 1. The topological polar surface area (TPSA) is 133 Å². The summed E-state index contributed by atoms with van der Waals surface area (Å²) in [5, 5.41) is 26.3. The van der Waals surface area contributed by atoms with Gasteiger partial charge in [0, 0.05) is 75.7 Å². The minimum Gasteiger partial charge on any atom is -0.461 e. The average Bonchev–Trinajstić information content (AvgIpc) is 3.41. The van der Waals surface area contributed by atoms with E-state index in [1.165, 1.54) is 0 Å². The summed E-state index contributed by atoms with van der Waals surface area (Å²) in [5.74, 6) is -0.892. The fourth-order valence-electron chi connectivity index (χ4n) is 12.0. The number of para-hydroxylation sites is 1. The number of aliphatic hydroxyl groups is 2. The van der Waals surface area contributed by atoms with Crippen molar-refractivity contribution < 1.29 is 38.7 Å². The van der Waals surface area contributed by atoms with Crippen molar-refractivity contribution in [3.63, 3.8) is 0 Å². The lowest BCUT2D eigenvalue weighted by Crippen LogP contribution is -2.82. The SMILES string of the molecule is CCN1C[C@]2(COC(=O)c3ccccc3N)CCC(OC)[C@]34C1[C@](O)([C@@H](OC)[C@H]23)[C@@]1(O)C[C@H](OC)[C@H]2C[C@@H]4C1[C@H]2OC. The molecule has 7 bridgehead atoms.